The molecule has 1 amide bonds. The van der Waals surface area contributed by atoms with Gasteiger partial charge in [-0.15, -0.1) is 5.10 Å². The van der Waals surface area contributed by atoms with Gasteiger partial charge in [0, 0.05) is 6.07 Å². The van der Waals surface area contributed by atoms with Crippen LogP contribution in [0.5, 0.6) is 17.2 Å². The van der Waals surface area contributed by atoms with Gasteiger partial charge < -0.3 is 24.6 Å². The number of benzene rings is 2. The fourth-order valence-electron chi connectivity index (χ4n) is 2.68. The fraction of sp³-hybridized carbons (Fsp3) is 0.250. The fourth-order valence-corrected chi connectivity index (χ4v) is 2.68. The first kappa shape index (κ1) is 20.2. The molecule has 2 N–H and O–H groups in total. The predicted octanol–water partition coefficient (Wildman–Crippen LogP) is 2.29. The number of nitrogens with one attached hydrogen (secondary N) is 1. The van der Waals surface area contributed by atoms with E-state index in [1.54, 1.807) is 56.7 Å². The van der Waals surface area contributed by atoms with Crippen LogP contribution in [-0.4, -0.2) is 47.1 Å². The SMILES string of the molecule is COc1ccc(C(O)Cn2cnc(C(=O)Nc3ccc(OC)cc3OC)n2)cc1. The second-order valence-electron chi connectivity index (χ2n) is 6.10. The normalized spacial score (nSPS) is 11.6. The van der Waals surface area contributed by atoms with E-state index in [1.165, 1.54) is 18.1 Å². The van der Waals surface area contributed by atoms with Gasteiger partial charge in [0.25, 0.3) is 5.91 Å². The molecule has 0 aliphatic carbocycles. The maximum absolute atomic E-state index is 12.5. The van der Waals surface area contributed by atoms with Crippen molar-refractivity contribution in [2.45, 2.75) is 12.6 Å². The number of ether oxygens (including phenoxy) is 3. The van der Waals surface area contributed by atoms with Crippen molar-refractivity contribution in [3.63, 3.8) is 0 Å². The molecule has 0 aliphatic heterocycles. The highest BCUT2D eigenvalue weighted by atomic mass is 16.5. The van der Waals surface area contributed by atoms with Crippen molar-refractivity contribution in [1.82, 2.24) is 14.8 Å². The molecule has 152 valence electrons. The molecule has 29 heavy (non-hydrogen) atoms. The van der Waals surface area contributed by atoms with Gasteiger partial charge in [0.1, 0.15) is 23.6 Å². The van der Waals surface area contributed by atoms with Gasteiger partial charge >= 0.3 is 0 Å². The number of amides is 1. The highest BCUT2D eigenvalue weighted by molar-refractivity contribution is 6.02. The second kappa shape index (κ2) is 9.07. The number of hydrogen-bond acceptors (Lipinski definition) is 7. The lowest BCUT2D eigenvalue weighted by molar-refractivity contribution is 0.101. The quantitative estimate of drug-likeness (QED) is 0.599. The zero-order chi connectivity index (χ0) is 20.8. The molecule has 0 bridgehead atoms. The molecule has 2 aromatic carbocycles. The Kier molecular flexibility index (Phi) is 6.30. The number of carbonyl (C=O) groups is 1. The number of aromatic nitrogens is 3. The highest BCUT2D eigenvalue weighted by Gasteiger charge is 2.16. The van der Waals surface area contributed by atoms with Crippen molar-refractivity contribution in [2.24, 2.45) is 0 Å². The third-order valence-electron chi connectivity index (χ3n) is 4.26. The minimum absolute atomic E-state index is 0.0233. The summed E-state index contributed by atoms with van der Waals surface area (Å²) in [6, 6.07) is 12.1. The number of anilines is 1. The van der Waals surface area contributed by atoms with E-state index in [9.17, 15) is 9.90 Å². The Morgan fingerprint density at radius 3 is 2.41 bits per heavy atom. The number of rotatable bonds is 8. The summed E-state index contributed by atoms with van der Waals surface area (Å²) in [7, 11) is 4.62. The number of hydrogen-bond donors (Lipinski definition) is 2. The van der Waals surface area contributed by atoms with Crippen molar-refractivity contribution in [2.75, 3.05) is 26.6 Å². The zero-order valence-corrected chi connectivity index (χ0v) is 16.3. The van der Waals surface area contributed by atoms with Crippen LogP contribution in [0, 0.1) is 0 Å². The van der Waals surface area contributed by atoms with Crippen molar-refractivity contribution < 1.29 is 24.1 Å². The molecule has 1 unspecified atom stereocenters. The summed E-state index contributed by atoms with van der Waals surface area (Å²) in [4.78, 5) is 16.5. The molecule has 0 aliphatic rings. The summed E-state index contributed by atoms with van der Waals surface area (Å²) in [5.74, 6) is 1.24. The Hall–Kier alpha value is -3.59. The van der Waals surface area contributed by atoms with Crippen LogP contribution in [0.1, 0.15) is 22.3 Å². The van der Waals surface area contributed by atoms with Crippen LogP contribution < -0.4 is 19.5 Å². The monoisotopic (exact) mass is 398 g/mol. The lowest BCUT2D eigenvalue weighted by Gasteiger charge is -2.11. The third kappa shape index (κ3) is 4.82. The Balaban J connectivity index is 1.66. The van der Waals surface area contributed by atoms with E-state index >= 15 is 0 Å². The Labute approximate surface area is 167 Å². The summed E-state index contributed by atoms with van der Waals surface area (Å²) in [5.41, 5.74) is 1.17. The molecule has 1 aromatic heterocycles. The molecule has 0 fully saturated rings. The largest absolute Gasteiger partial charge is 0.497 e. The Bertz CT molecular complexity index is 971. The van der Waals surface area contributed by atoms with Crippen molar-refractivity contribution in [3.05, 3.63) is 60.2 Å². The average Bonchev–Trinajstić information content (AvgIpc) is 3.22. The van der Waals surface area contributed by atoms with Crippen LogP contribution in [0.4, 0.5) is 5.69 Å². The van der Waals surface area contributed by atoms with Gasteiger partial charge in [-0.3, -0.25) is 4.79 Å². The smallest absolute Gasteiger partial charge is 0.295 e. The van der Waals surface area contributed by atoms with Gasteiger partial charge in [-0.2, -0.15) is 0 Å². The lowest BCUT2D eigenvalue weighted by Crippen LogP contribution is -2.16. The van der Waals surface area contributed by atoms with Crippen LogP contribution in [0.2, 0.25) is 0 Å². The molecule has 3 aromatic rings. The second-order valence-corrected chi connectivity index (χ2v) is 6.10. The van der Waals surface area contributed by atoms with E-state index in [4.69, 9.17) is 14.2 Å². The van der Waals surface area contributed by atoms with Gasteiger partial charge in [-0.1, -0.05) is 12.1 Å². The standard InChI is InChI=1S/C20H22N4O5/c1-27-14-6-4-13(5-7-14)17(25)11-24-12-21-19(23-24)20(26)22-16-9-8-15(28-2)10-18(16)29-3/h4-10,12,17,25H,11H2,1-3H3,(H,22,26). The number of carbonyl (C=O) groups excluding carboxylic acids is 1. The first-order valence-electron chi connectivity index (χ1n) is 8.79. The summed E-state index contributed by atoms with van der Waals surface area (Å²) in [6.45, 7) is 0.151. The molecular formula is C20H22N4O5. The molecule has 1 atom stereocenters. The summed E-state index contributed by atoms with van der Waals surface area (Å²) in [5, 5.41) is 17.2. The van der Waals surface area contributed by atoms with E-state index in [-0.39, 0.29) is 12.4 Å². The van der Waals surface area contributed by atoms with Crippen LogP contribution in [-0.2, 0) is 6.54 Å². The van der Waals surface area contributed by atoms with Gasteiger partial charge in [0.15, 0.2) is 0 Å². The topological polar surface area (TPSA) is 108 Å². The number of methoxy groups -OCH3 is 3. The van der Waals surface area contributed by atoms with Crippen LogP contribution >= 0.6 is 0 Å². The van der Waals surface area contributed by atoms with E-state index in [1.807, 2.05) is 0 Å². The van der Waals surface area contributed by atoms with E-state index < -0.39 is 12.0 Å². The molecule has 0 spiro atoms. The third-order valence-corrected chi connectivity index (χ3v) is 4.26. The number of aliphatic hydroxyl groups excluding tert-OH is 1. The maximum atomic E-state index is 12.5. The average molecular weight is 398 g/mol. The molecule has 9 nitrogen and oxygen atoms in total. The number of nitrogens with zero attached hydrogens (tertiary/aromatic N) is 3. The molecular weight excluding hydrogens is 376 g/mol. The molecule has 0 radical (unpaired) electrons. The van der Waals surface area contributed by atoms with Gasteiger partial charge in [0.05, 0.1) is 39.7 Å². The van der Waals surface area contributed by atoms with Crippen LogP contribution in [0.25, 0.3) is 0 Å². The lowest BCUT2D eigenvalue weighted by atomic mass is 10.1. The Morgan fingerprint density at radius 2 is 1.76 bits per heavy atom. The maximum Gasteiger partial charge on any atom is 0.295 e. The molecule has 0 saturated heterocycles. The summed E-state index contributed by atoms with van der Waals surface area (Å²) in [6.07, 6.45) is 0.590. The van der Waals surface area contributed by atoms with Gasteiger partial charge in [0.2, 0.25) is 5.82 Å². The van der Waals surface area contributed by atoms with Crippen LogP contribution in [0.3, 0.4) is 0 Å². The van der Waals surface area contributed by atoms with Crippen molar-refractivity contribution in [1.29, 1.82) is 0 Å². The van der Waals surface area contributed by atoms with E-state index in [0.29, 0.717) is 28.5 Å². The molecule has 0 saturated carbocycles. The highest BCUT2D eigenvalue weighted by Crippen LogP contribution is 2.29. The van der Waals surface area contributed by atoms with E-state index in [0.717, 1.165) is 0 Å². The molecule has 9 heteroatoms. The molecule has 1 heterocycles. The minimum atomic E-state index is -0.805. The summed E-state index contributed by atoms with van der Waals surface area (Å²) < 4.78 is 16.9. The summed E-state index contributed by atoms with van der Waals surface area (Å²) >= 11 is 0. The van der Waals surface area contributed by atoms with Gasteiger partial charge in [-0.25, -0.2) is 9.67 Å². The Morgan fingerprint density at radius 1 is 1.07 bits per heavy atom. The van der Waals surface area contributed by atoms with Crippen molar-refractivity contribution in [3.8, 4) is 17.2 Å². The first-order valence-corrected chi connectivity index (χ1v) is 8.79. The van der Waals surface area contributed by atoms with Gasteiger partial charge in [-0.05, 0) is 29.8 Å². The predicted molar refractivity (Wildman–Crippen MR) is 105 cm³/mol. The number of aliphatic hydroxyl groups is 1. The van der Waals surface area contributed by atoms with Crippen molar-refractivity contribution >= 4 is 11.6 Å². The molecule has 3 rings (SSSR count). The minimum Gasteiger partial charge on any atom is -0.497 e. The zero-order valence-electron chi connectivity index (χ0n) is 16.3. The van der Waals surface area contributed by atoms with E-state index in [2.05, 4.69) is 15.4 Å². The first-order chi connectivity index (χ1) is 14.0. The van der Waals surface area contributed by atoms with Crippen LogP contribution in [0.15, 0.2) is 48.8 Å².